The number of carboxylic acids is 1. The molecule has 1 rings (SSSR count). The molecule has 0 aliphatic heterocycles. The van der Waals surface area contributed by atoms with E-state index in [1.807, 2.05) is 0 Å². The highest BCUT2D eigenvalue weighted by Crippen LogP contribution is 2.34. The van der Waals surface area contributed by atoms with E-state index in [1.165, 1.54) is 25.7 Å². The Morgan fingerprint density at radius 2 is 2.14 bits per heavy atom. The average Bonchev–Trinajstić information content (AvgIpc) is 2.08. The van der Waals surface area contributed by atoms with Gasteiger partial charge in [0.25, 0.3) is 0 Å². The van der Waals surface area contributed by atoms with Crippen LogP contribution in [0.25, 0.3) is 0 Å². The van der Waals surface area contributed by atoms with Crippen LogP contribution in [-0.2, 0) is 4.79 Å². The molecule has 0 aromatic rings. The lowest BCUT2D eigenvalue weighted by atomic mass is 9.75. The summed E-state index contributed by atoms with van der Waals surface area (Å²) < 4.78 is 0. The van der Waals surface area contributed by atoms with Crippen LogP contribution in [0, 0.1) is 0 Å². The van der Waals surface area contributed by atoms with E-state index in [2.05, 4.69) is 12.2 Å². The van der Waals surface area contributed by atoms with Crippen molar-refractivity contribution in [1.29, 1.82) is 0 Å². The van der Waals surface area contributed by atoms with Crippen molar-refractivity contribution in [2.24, 2.45) is 0 Å². The fourth-order valence-electron chi connectivity index (χ4n) is 2.01. The molecule has 2 N–H and O–H groups in total. The Kier molecular flexibility index (Phi) is 4.39. The summed E-state index contributed by atoms with van der Waals surface area (Å²) in [5.41, 5.74) is 0.406. The van der Waals surface area contributed by atoms with E-state index in [4.69, 9.17) is 5.11 Å². The van der Waals surface area contributed by atoms with Gasteiger partial charge < -0.3 is 10.4 Å². The molecule has 0 amide bonds. The molecule has 0 radical (unpaired) electrons. The van der Waals surface area contributed by atoms with Gasteiger partial charge in [-0.15, -0.1) is 0 Å². The second-order valence-corrected chi connectivity index (χ2v) is 4.27. The standard InChI is InChI=1S/C11H21NO2/c1-2-11(7-5-8-11)12-9-4-3-6-10(13)14/h12H,2-9H2,1H3,(H,13,14). The molecule has 3 heteroatoms. The molecule has 1 fully saturated rings. The molecular weight excluding hydrogens is 178 g/mol. The summed E-state index contributed by atoms with van der Waals surface area (Å²) in [4.78, 5) is 10.3. The summed E-state index contributed by atoms with van der Waals surface area (Å²) >= 11 is 0. The van der Waals surface area contributed by atoms with E-state index < -0.39 is 5.97 Å². The van der Waals surface area contributed by atoms with Gasteiger partial charge in [-0.3, -0.25) is 4.79 Å². The third-order valence-corrected chi connectivity index (χ3v) is 3.30. The van der Waals surface area contributed by atoms with Crippen molar-refractivity contribution in [1.82, 2.24) is 5.32 Å². The van der Waals surface area contributed by atoms with Crippen LogP contribution in [0.4, 0.5) is 0 Å². The summed E-state index contributed by atoms with van der Waals surface area (Å²) in [5, 5.41) is 12.0. The number of hydrogen-bond donors (Lipinski definition) is 2. The third kappa shape index (κ3) is 3.29. The Bertz CT molecular complexity index is 182. The van der Waals surface area contributed by atoms with Gasteiger partial charge in [0.15, 0.2) is 0 Å². The highest BCUT2D eigenvalue weighted by Gasteiger charge is 2.33. The van der Waals surface area contributed by atoms with E-state index in [0.29, 0.717) is 12.0 Å². The maximum Gasteiger partial charge on any atom is 0.303 e. The van der Waals surface area contributed by atoms with Crippen molar-refractivity contribution in [3.8, 4) is 0 Å². The first kappa shape index (κ1) is 11.5. The van der Waals surface area contributed by atoms with Gasteiger partial charge in [0.1, 0.15) is 0 Å². The summed E-state index contributed by atoms with van der Waals surface area (Å²) in [6.45, 7) is 3.20. The van der Waals surface area contributed by atoms with Crippen molar-refractivity contribution in [2.75, 3.05) is 6.54 Å². The topological polar surface area (TPSA) is 49.3 Å². The van der Waals surface area contributed by atoms with Crippen LogP contribution in [0.1, 0.15) is 51.9 Å². The first-order chi connectivity index (χ1) is 6.68. The zero-order valence-electron chi connectivity index (χ0n) is 9.01. The molecule has 0 heterocycles. The second-order valence-electron chi connectivity index (χ2n) is 4.27. The van der Waals surface area contributed by atoms with Gasteiger partial charge in [-0.1, -0.05) is 6.92 Å². The van der Waals surface area contributed by atoms with Crippen LogP contribution in [-0.4, -0.2) is 23.2 Å². The van der Waals surface area contributed by atoms with Crippen molar-refractivity contribution >= 4 is 5.97 Å². The number of nitrogens with one attached hydrogen (secondary N) is 1. The normalized spacial score (nSPS) is 18.9. The Morgan fingerprint density at radius 3 is 2.57 bits per heavy atom. The van der Waals surface area contributed by atoms with E-state index in [9.17, 15) is 4.79 Å². The third-order valence-electron chi connectivity index (χ3n) is 3.30. The van der Waals surface area contributed by atoms with Crippen LogP contribution < -0.4 is 5.32 Å². The minimum atomic E-state index is -0.682. The van der Waals surface area contributed by atoms with Gasteiger partial charge in [-0.25, -0.2) is 0 Å². The maximum absolute atomic E-state index is 10.3. The largest absolute Gasteiger partial charge is 0.481 e. The number of hydrogen-bond acceptors (Lipinski definition) is 2. The van der Waals surface area contributed by atoms with Crippen LogP contribution in [0.15, 0.2) is 0 Å². The van der Waals surface area contributed by atoms with Gasteiger partial charge in [-0.2, -0.15) is 0 Å². The number of carbonyl (C=O) groups is 1. The molecule has 0 atom stereocenters. The van der Waals surface area contributed by atoms with Gasteiger partial charge in [0.2, 0.25) is 0 Å². The second kappa shape index (κ2) is 5.35. The monoisotopic (exact) mass is 199 g/mol. The fraction of sp³-hybridized carbons (Fsp3) is 0.909. The van der Waals surface area contributed by atoms with Gasteiger partial charge in [0.05, 0.1) is 0 Å². The predicted molar refractivity (Wildman–Crippen MR) is 56.4 cm³/mol. The summed E-state index contributed by atoms with van der Waals surface area (Å²) in [7, 11) is 0. The molecule has 1 aliphatic carbocycles. The van der Waals surface area contributed by atoms with E-state index in [0.717, 1.165) is 19.4 Å². The van der Waals surface area contributed by atoms with E-state index in [-0.39, 0.29) is 0 Å². The average molecular weight is 199 g/mol. The van der Waals surface area contributed by atoms with Gasteiger partial charge >= 0.3 is 5.97 Å². The number of unbranched alkanes of at least 4 members (excludes halogenated alkanes) is 1. The summed E-state index contributed by atoms with van der Waals surface area (Å²) in [6, 6.07) is 0. The number of aliphatic carboxylic acids is 1. The highest BCUT2D eigenvalue weighted by atomic mass is 16.4. The Morgan fingerprint density at radius 1 is 1.43 bits per heavy atom. The molecule has 1 saturated carbocycles. The molecule has 0 aromatic carbocycles. The minimum Gasteiger partial charge on any atom is -0.481 e. The zero-order valence-corrected chi connectivity index (χ0v) is 9.01. The maximum atomic E-state index is 10.3. The molecular formula is C11H21NO2. The summed E-state index contributed by atoms with van der Waals surface area (Å²) in [6.07, 6.45) is 7.21. The molecule has 0 saturated heterocycles. The quantitative estimate of drug-likeness (QED) is 0.618. The highest BCUT2D eigenvalue weighted by molar-refractivity contribution is 5.66. The molecule has 0 spiro atoms. The van der Waals surface area contributed by atoms with Crippen LogP contribution >= 0.6 is 0 Å². The van der Waals surface area contributed by atoms with E-state index in [1.54, 1.807) is 0 Å². The van der Waals surface area contributed by atoms with Crippen LogP contribution in [0.2, 0.25) is 0 Å². The Labute approximate surface area is 85.9 Å². The number of rotatable bonds is 7. The van der Waals surface area contributed by atoms with Crippen LogP contribution in [0.3, 0.4) is 0 Å². The molecule has 14 heavy (non-hydrogen) atoms. The van der Waals surface area contributed by atoms with E-state index >= 15 is 0 Å². The van der Waals surface area contributed by atoms with Crippen molar-refractivity contribution < 1.29 is 9.90 Å². The van der Waals surface area contributed by atoms with Crippen molar-refractivity contribution in [3.63, 3.8) is 0 Å². The van der Waals surface area contributed by atoms with Crippen molar-refractivity contribution in [3.05, 3.63) is 0 Å². The molecule has 3 nitrogen and oxygen atoms in total. The smallest absolute Gasteiger partial charge is 0.303 e. The van der Waals surface area contributed by atoms with Gasteiger partial charge in [0, 0.05) is 12.0 Å². The Hall–Kier alpha value is -0.570. The molecule has 0 unspecified atom stereocenters. The molecule has 82 valence electrons. The van der Waals surface area contributed by atoms with Crippen LogP contribution in [0.5, 0.6) is 0 Å². The fourth-order valence-corrected chi connectivity index (χ4v) is 2.01. The minimum absolute atomic E-state index is 0.306. The first-order valence-electron chi connectivity index (χ1n) is 5.65. The first-order valence-corrected chi connectivity index (χ1v) is 5.65. The number of carboxylic acid groups (broad SMARTS) is 1. The SMILES string of the molecule is CCC1(NCCCCC(=O)O)CCC1. The van der Waals surface area contributed by atoms with Crippen molar-refractivity contribution in [2.45, 2.75) is 57.4 Å². The lowest BCUT2D eigenvalue weighted by molar-refractivity contribution is -0.137. The zero-order chi connectivity index (χ0) is 10.4. The molecule has 0 aromatic heterocycles. The van der Waals surface area contributed by atoms with Gasteiger partial charge in [-0.05, 0) is 45.1 Å². The predicted octanol–water partition coefficient (Wildman–Crippen LogP) is 2.16. The lowest BCUT2D eigenvalue weighted by Crippen LogP contribution is -2.50. The lowest BCUT2D eigenvalue weighted by Gasteiger charge is -2.42. The molecule has 0 bridgehead atoms. The molecule has 1 aliphatic rings. The summed E-state index contributed by atoms with van der Waals surface area (Å²) in [5.74, 6) is -0.682. The Balaban J connectivity index is 2.00.